The molecule has 0 aliphatic heterocycles. The third kappa shape index (κ3) is 4.23. The molecule has 0 aromatic rings. The summed E-state index contributed by atoms with van der Waals surface area (Å²) in [6.45, 7) is 15.7. The molecule has 0 radical (unpaired) electrons. The molecule has 0 rings (SSSR count). The first kappa shape index (κ1) is 12.1. The predicted octanol–water partition coefficient (Wildman–Crippen LogP) is 3.27. The molecule has 0 amide bonds. The van der Waals surface area contributed by atoms with E-state index in [4.69, 9.17) is 4.43 Å². The normalized spacial score (nSPS) is 13.2. The topological polar surface area (TPSA) is 9.23 Å². The smallest absolute Gasteiger partial charge is 0.212 e. The summed E-state index contributed by atoms with van der Waals surface area (Å²) < 4.78 is 5.51. The summed E-state index contributed by atoms with van der Waals surface area (Å²) in [4.78, 5) is 0. The van der Waals surface area contributed by atoms with Crippen molar-refractivity contribution in [1.29, 1.82) is 0 Å². The van der Waals surface area contributed by atoms with Gasteiger partial charge >= 0.3 is 0 Å². The zero-order valence-corrected chi connectivity index (χ0v) is 11.3. The van der Waals surface area contributed by atoms with Crippen LogP contribution in [0.1, 0.15) is 0 Å². The monoisotopic (exact) mass is 202 g/mol. The lowest BCUT2D eigenvalue weighted by atomic mass is 10.7. The molecule has 0 saturated heterocycles. The molecule has 1 nitrogen and oxygen atoms in total. The fraction of sp³-hybridized carbons (Fsp3) is 0.778. The van der Waals surface area contributed by atoms with Crippen molar-refractivity contribution in [2.24, 2.45) is 0 Å². The maximum atomic E-state index is 5.51. The average Bonchev–Trinajstić information content (AvgIpc) is 1.84. The van der Waals surface area contributed by atoms with Gasteiger partial charge in [-0.15, -0.1) is 6.58 Å². The Hall–Kier alpha value is 0.134. The van der Waals surface area contributed by atoms with E-state index < -0.39 is 16.4 Å². The molecule has 0 saturated carbocycles. The first-order chi connectivity index (χ1) is 5.19. The van der Waals surface area contributed by atoms with Gasteiger partial charge in [0, 0.05) is 15.2 Å². The summed E-state index contributed by atoms with van der Waals surface area (Å²) in [7, 11) is -0.734. The second-order valence-electron chi connectivity index (χ2n) is 5.06. The molecular formula is C9H22OSi2. The Morgan fingerprint density at radius 2 is 1.58 bits per heavy atom. The fourth-order valence-electron chi connectivity index (χ4n) is 0.997. The highest BCUT2D eigenvalue weighted by Crippen LogP contribution is 2.23. The van der Waals surface area contributed by atoms with Crippen LogP contribution in [-0.4, -0.2) is 23.5 Å². The van der Waals surface area contributed by atoms with E-state index in [0.29, 0.717) is 0 Å². The maximum absolute atomic E-state index is 5.51. The van der Waals surface area contributed by atoms with E-state index in [1.807, 2.05) is 7.11 Å². The minimum atomic E-state index is -1.55. The van der Waals surface area contributed by atoms with E-state index in [1.54, 1.807) is 0 Å². The first-order valence-corrected chi connectivity index (χ1v) is 11.0. The van der Waals surface area contributed by atoms with Crippen molar-refractivity contribution >= 4 is 16.4 Å². The van der Waals surface area contributed by atoms with E-state index in [-0.39, 0.29) is 0 Å². The van der Waals surface area contributed by atoms with Crippen LogP contribution in [-0.2, 0) is 4.43 Å². The summed E-state index contributed by atoms with van der Waals surface area (Å²) in [5.74, 6) is 0. The lowest BCUT2D eigenvalue weighted by Gasteiger charge is -2.27. The average molecular weight is 202 g/mol. The Balaban J connectivity index is 4.23. The molecule has 0 unspecified atom stereocenters. The molecule has 0 aliphatic rings. The van der Waals surface area contributed by atoms with Gasteiger partial charge in [0.25, 0.3) is 0 Å². The molecule has 72 valence electrons. The van der Waals surface area contributed by atoms with Crippen molar-refractivity contribution in [2.75, 3.05) is 7.11 Å². The Labute approximate surface area is 79.0 Å². The van der Waals surface area contributed by atoms with Crippen LogP contribution in [0, 0.1) is 0 Å². The van der Waals surface area contributed by atoms with Gasteiger partial charge in [0.1, 0.15) is 0 Å². The second-order valence-corrected chi connectivity index (χ2v) is 14.7. The van der Waals surface area contributed by atoms with Gasteiger partial charge in [-0.1, -0.05) is 24.8 Å². The highest BCUT2D eigenvalue weighted by Gasteiger charge is 2.28. The number of hydrogen-bond donors (Lipinski definition) is 0. The molecule has 0 spiro atoms. The summed E-state index contributed by atoms with van der Waals surface area (Å²) in [6, 6.07) is 1.21. The quantitative estimate of drug-likeness (QED) is 0.636. The summed E-state index contributed by atoms with van der Waals surface area (Å²) >= 11 is 0. The second kappa shape index (κ2) is 3.89. The fourth-order valence-corrected chi connectivity index (χ4v) is 5.86. The zero-order chi connectivity index (χ0) is 9.99. The molecule has 0 heterocycles. The van der Waals surface area contributed by atoms with Gasteiger partial charge in [0.15, 0.2) is 0 Å². The van der Waals surface area contributed by atoms with Crippen molar-refractivity contribution in [3.8, 4) is 0 Å². The Morgan fingerprint density at radius 1 is 1.17 bits per heavy atom. The minimum absolute atomic E-state index is 0.991. The predicted molar refractivity (Wildman–Crippen MR) is 61.8 cm³/mol. The molecule has 3 heteroatoms. The van der Waals surface area contributed by atoms with Crippen LogP contribution in [0.25, 0.3) is 0 Å². The molecule has 0 aliphatic carbocycles. The maximum Gasteiger partial charge on any atom is 0.212 e. The van der Waals surface area contributed by atoms with Crippen LogP contribution in [0.4, 0.5) is 0 Å². The van der Waals surface area contributed by atoms with Gasteiger partial charge in [-0.25, -0.2) is 0 Å². The van der Waals surface area contributed by atoms with Crippen LogP contribution >= 0.6 is 0 Å². The van der Waals surface area contributed by atoms with Gasteiger partial charge in [-0.05, 0) is 19.1 Å². The number of allylic oxidation sites excluding steroid dienone is 1. The molecule has 0 aromatic heterocycles. The van der Waals surface area contributed by atoms with Crippen molar-refractivity contribution in [3.05, 3.63) is 11.8 Å². The van der Waals surface area contributed by atoms with Crippen LogP contribution in [0.2, 0.25) is 38.8 Å². The van der Waals surface area contributed by atoms with Crippen LogP contribution in [0.15, 0.2) is 11.8 Å². The molecular weight excluding hydrogens is 180 g/mol. The van der Waals surface area contributed by atoms with Crippen molar-refractivity contribution in [2.45, 2.75) is 38.8 Å². The number of rotatable bonds is 4. The third-order valence-corrected chi connectivity index (χ3v) is 6.85. The molecule has 0 aromatic carbocycles. The van der Waals surface area contributed by atoms with Gasteiger partial charge in [-0.3, -0.25) is 0 Å². The first-order valence-electron chi connectivity index (χ1n) is 4.42. The Morgan fingerprint density at radius 3 is 1.83 bits per heavy atom. The van der Waals surface area contributed by atoms with E-state index in [0.717, 1.165) is 0 Å². The SMILES string of the molecule is C=C(C[Si](C)(C)C)[Si](C)(C)OC. The minimum Gasteiger partial charge on any atom is -0.416 e. The highest BCUT2D eigenvalue weighted by molar-refractivity contribution is 6.84. The van der Waals surface area contributed by atoms with E-state index in [9.17, 15) is 0 Å². The van der Waals surface area contributed by atoms with Gasteiger partial charge in [-0.2, -0.15) is 0 Å². The Bertz CT molecular complexity index is 168. The highest BCUT2D eigenvalue weighted by atomic mass is 28.4. The van der Waals surface area contributed by atoms with Crippen molar-refractivity contribution in [3.63, 3.8) is 0 Å². The summed E-state index contributed by atoms with van der Waals surface area (Å²) in [5, 5.41) is 1.36. The Kier molecular flexibility index (Phi) is 3.94. The van der Waals surface area contributed by atoms with Gasteiger partial charge in [0.05, 0.1) is 0 Å². The van der Waals surface area contributed by atoms with E-state index in [2.05, 4.69) is 39.3 Å². The van der Waals surface area contributed by atoms with Crippen molar-refractivity contribution < 1.29 is 4.43 Å². The molecule has 0 N–H and O–H groups in total. The third-order valence-electron chi connectivity index (χ3n) is 2.11. The summed E-state index contributed by atoms with van der Waals surface area (Å²) in [5.41, 5.74) is 0. The summed E-state index contributed by atoms with van der Waals surface area (Å²) in [6.07, 6.45) is 0. The molecule has 0 atom stereocenters. The lowest BCUT2D eigenvalue weighted by Crippen LogP contribution is -2.35. The zero-order valence-electron chi connectivity index (χ0n) is 9.32. The lowest BCUT2D eigenvalue weighted by molar-refractivity contribution is 0.412. The standard InChI is InChI=1S/C9H22OSi2/c1-9(8-11(3,4)5)12(6,7)10-2/h1,8H2,2-7H3. The van der Waals surface area contributed by atoms with Crippen LogP contribution in [0.5, 0.6) is 0 Å². The van der Waals surface area contributed by atoms with Gasteiger partial charge in [0.2, 0.25) is 8.32 Å². The molecule has 0 bridgehead atoms. The van der Waals surface area contributed by atoms with Gasteiger partial charge < -0.3 is 4.43 Å². The molecule has 0 fully saturated rings. The molecule has 12 heavy (non-hydrogen) atoms. The largest absolute Gasteiger partial charge is 0.416 e. The van der Waals surface area contributed by atoms with Crippen molar-refractivity contribution in [1.82, 2.24) is 0 Å². The number of hydrogen-bond acceptors (Lipinski definition) is 1. The van der Waals surface area contributed by atoms with Crippen LogP contribution in [0.3, 0.4) is 0 Å². The van der Waals surface area contributed by atoms with Crippen LogP contribution < -0.4 is 0 Å². The van der Waals surface area contributed by atoms with E-state index >= 15 is 0 Å². The van der Waals surface area contributed by atoms with E-state index in [1.165, 1.54) is 11.2 Å².